The van der Waals surface area contributed by atoms with Crippen LogP contribution in [-0.4, -0.2) is 36.1 Å². The van der Waals surface area contributed by atoms with Crippen LogP contribution < -0.4 is 15.2 Å². The van der Waals surface area contributed by atoms with Crippen LogP contribution in [0.3, 0.4) is 0 Å². The molecule has 0 radical (unpaired) electrons. The number of carbonyl (C=O) groups is 1. The molecule has 0 N–H and O–H groups in total. The van der Waals surface area contributed by atoms with Gasteiger partial charge in [-0.3, -0.25) is 9.36 Å². The van der Waals surface area contributed by atoms with E-state index in [1.165, 1.54) is 4.57 Å². The van der Waals surface area contributed by atoms with E-state index < -0.39 is 5.76 Å². The van der Waals surface area contributed by atoms with Crippen molar-refractivity contribution in [1.82, 2.24) is 9.47 Å². The van der Waals surface area contributed by atoms with Crippen LogP contribution in [-0.2, 0) is 17.9 Å². The van der Waals surface area contributed by atoms with E-state index in [1.54, 1.807) is 25.2 Å². The molecule has 7 nitrogen and oxygen atoms in total. The summed E-state index contributed by atoms with van der Waals surface area (Å²) in [6.07, 6.45) is 0.213. The molecule has 0 spiro atoms. The molecule has 0 atom stereocenters. The fourth-order valence-electron chi connectivity index (χ4n) is 3.17. The van der Waals surface area contributed by atoms with E-state index in [-0.39, 0.29) is 18.9 Å². The predicted octanol–water partition coefficient (Wildman–Crippen LogP) is 3.05. The number of carbonyl (C=O) groups excluding carboxylic acids is 1. The molecule has 0 aliphatic carbocycles. The maximum atomic E-state index is 12.7. The Balaban J connectivity index is 1.70. The number of aromatic nitrogens is 1. The molecule has 7 heteroatoms. The van der Waals surface area contributed by atoms with Gasteiger partial charge in [0.1, 0.15) is 0 Å². The Morgan fingerprint density at radius 2 is 1.86 bits per heavy atom. The first kappa shape index (κ1) is 19.5. The van der Waals surface area contributed by atoms with Crippen LogP contribution >= 0.6 is 0 Å². The number of para-hydroxylation sites is 2. The van der Waals surface area contributed by atoms with Crippen molar-refractivity contribution in [1.29, 1.82) is 0 Å². The lowest BCUT2D eigenvalue weighted by molar-refractivity contribution is -0.131. The number of methoxy groups -OCH3 is 2. The SMILES string of the molecule is CCN(Cc1ccc(OC)c(OC)c1)C(=O)CCn1c(=O)oc2ccccc21. The van der Waals surface area contributed by atoms with Crippen molar-refractivity contribution in [3.8, 4) is 11.5 Å². The summed E-state index contributed by atoms with van der Waals surface area (Å²) in [5.74, 6) is 0.790. The second kappa shape index (κ2) is 8.65. The van der Waals surface area contributed by atoms with E-state index in [2.05, 4.69) is 0 Å². The van der Waals surface area contributed by atoms with Crippen molar-refractivity contribution >= 4 is 17.0 Å². The van der Waals surface area contributed by atoms with Crippen LogP contribution in [0.4, 0.5) is 0 Å². The third-order valence-electron chi connectivity index (χ3n) is 4.68. The van der Waals surface area contributed by atoms with Gasteiger partial charge < -0.3 is 18.8 Å². The van der Waals surface area contributed by atoms with Crippen LogP contribution in [0.25, 0.3) is 11.1 Å². The molecule has 0 fully saturated rings. The van der Waals surface area contributed by atoms with Gasteiger partial charge in [-0.25, -0.2) is 4.79 Å². The maximum Gasteiger partial charge on any atom is 0.419 e. The van der Waals surface area contributed by atoms with Crippen molar-refractivity contribution < 1.29 is 18.7 Å². The van der Waals surface area contributed by atoms with E-state index in [1.807, 2.05) is 43.3 Å². The Kier molecular flexibility index (Phi) is 6.03. The summed E-state index contributed by atoms with van der Waals surface area (Å²) < 4.78 is 17.3. The average Bonchev–Trinajstić information content (AvgIpc) is 3.04. The first-order valence-corrected chi connectivity index (χ1v) is 9.14. The number of amides is 1. The standard InChI is InChI=1S/C21H24N2O5/c1-4-22(14-15-9-10-18(26-2)19(13-15)27-3)20(24)11-12-23-16-7-5-6-8-17(16)28-21(23)25/h5-10,13H,4,11-12,14H2,1-3H3. The summed E-state index contributed by atoms with van der Waals surface area (Å²) in [4.78, 5) is 26.5. The van der Waals surface area contributed by atoms with Crippen molar-refractivity contribution in [2.75, 3.05) is 20.8 Å². The monoisotopic (exact) mass is 384 g/mol. The van der Waals surface area contributed by atoms with Gasteiger partial charge in [0.25, 0.3) is 0 Å². The molecular weight excluding hydrogens is 360 g/mol. The molecule has 0 bridgehead atoms. The summed E-state index contributed by atoms with van der Waals surface area (Å²) >= 11 is 0. The Hall–Kier alpha value is -3.22. The molecule has 148 valence electrons. The van der Waals surface area contributed by atoms with Crippen LogP contribution in [0.15, 0.2) is 51.7 Å². The minimum absolute atomic E-state index is 0.0329. The van der Waals surface area contributed by atoms with Gasteiger partial charge in [0.2, 0.25) is 5.91 Å². The molecule has 1 aromatic heterocycles. The normalized spacial score (nSPS) is 10.8. The molecule has 0 aliphatic heterocycles. The fourth-order valence-corrected chi connectivity index (χ4v) is 3.17. The van der Waals surface area contributed by atoms with Gasteiger partial charge in [0.05, 0.1) is 19.7 Å². The molecule has 0 saturated heterocycles. The number of oxazole rings is 1. The van der Waals surface area contributed by atoms with E-state index in [0.717, 1.165) is 5.56 Å². The van der Waals surface area contributed by atoms with Gasteiger partial charge in [-0.2, -0.15) is 0 Å². The first-order chi connectivity index (χ1) is 13.6. The number of benzene rings is 2. The average molecular weight is 384 g/mol. The van der Waals surface area contributed by atoms with Crippen LogP contribution in [0, 0.1) is 0 Å². The lowest BCUT2D eigenvalue weighted by Crippen LogP contribution is -2.31. The van der Waals surface area contributed by atoms with Gasteiger partial charge in [-0.15, -0.1) is 0 Å². The largest absolute Gasteiger partial charge is 0.493 e. The van der Waals surface area contributed by atoms with E-state index in [9.17, 15) is 9.59 Å². The second-order valence-electron chi connectivity index (χ2n) is 6.33. The van der Waals surface area contributed by atoms with Crippen molar-refractivity contribution in [2.45, 2.75) is 26.4 Å². The molecule has 0 saturated carbocycles. The molecule has 3 aromatic rings. The Bertz CT molecular complexity index is 1020. The molecule has 0 aliphatic rings. The van der Waals surface area contributed by atoms with Crippen LogP contribution in [0.2, 0.25) is 0 Å². The molecular formula is C21H24N2O5. The third kappa shape index (κ3) is 4.03. The van der Waals surface area contributed by atoms with Crippen molar-refractivity contribution in [2.24, 2.45) is 0 Å². The second-order valence-corrected chi connectivity index (χ2v) is 6.33. The van der Waals surface area contributed by atoms with Gasteiger partial charge in [-0.1, -0.05) is 18.2 Å². The molecule has 2 aromatic carbocycles. The predicted molar refractivity (Wildman–Crippen MR) is 106 cm³/mol. The zero-order chi connectivity index (χ0) is 20.1. The third-order valence-corrected chi connectivity index (χ3v) is 4.68. The smallest absolute Gasteiger partial charge is 0.419 e. The van der Waals surface area contributed by atoms with Crippen LogP contribution in [0.5, 0.6) is 11.5 Å². The quantitative estimate of drug-likeness (QED) is 0.597. The summed E-state index contributed by atoms with van der Waals surface area (Å²) in [6, 6.07) is 12.8. The highest BCUT2D eigenvalue weighted by molar-refractivity contribution is 5.77. The summed E-state index contributed by atoms with van der Waals surface area (Å²) in [7, 11) is 3.16. The number of aryl methyl sites for hydroxylation is 1. The lowest BCUT2D eigenvalue weighted by Gasteiger charge is -2.21. The minimum atomic E-state index is -0.447. The van der Waals surface area contributed by atoms with Crippen LogP contribution in [0.1, 0.15) is 18.9 Å². The van der Waals surface area contributed by atoms with Gasteiger partial charge in [0.15, 0.2) is 17.1 Å². The number of hydrogen-bond donors (Lipinski definition) is 0. The zero-order valence-corrected chi connectivity index (χ0v) is 16.3. The summed E-state index contributed by atoms with van der Waals surface area (Å²) in [6.45, 7) is 3.22. The van der Waals surface area contributed by atoms with E-state index in [4.69, 9.17) is 13.9 Å². The number of fused-ring (bicyclic) bond motifs is 1. The maximum absolute atomic E-state index is 12.7. The van der Waals surface area contributed by atoms with Gasteiger partial charge in [-0.05, 0) is 36.8 Å². The molecule has 3 rings (SSSR count). The molecule has 1 heterocycles. The van der Waals surface area contributed by atoms with Crippen molar-refractivity contribution in [3.63, 3.8) is 0 Å². The number of rotatable bonds is 8. The van der Waals surface area contributed by atoms with Gasteiger partial charge in [0, 0.05) is 26.1 Å². The zero-order valence-electron chi connectivity index (χ0n) is 16.3. The van der Waals surface area contributed by atoms with Crippen molar-refractivity contribution in [3.05, 3.63) is 58.6 Å². The van der Waals surface area contributed by atoms with E-state index in [0.29, 0.717) is 35.7 Å². The number of ether oxygens (including phenoxy) is 2. The number of nitrogens with zero attached hydrogens (tertiary/aromatic N) is 2. The highest BCUT2D eigenvalue weighted by Gasteiger charge is 2.16. The minimum Gasteiger partial charge on any atom is -0.493 e. The van der Waals surface area contributed by atoms with Gasteiger partial charge >= 0.3 is 5.76 Å². The highest BCUT2D eigenvalue weighted by atomic mass is 16.5. The molecule has 1 amide bonds. The van der Waals surface area contributed by atoms with E-state index >= 15 is 0 Å². The first-order valence-electron chi connectivity index (χ1n) is 9.14. The Labute approximate surface area is 163 Å². The topological polar surface area (TPSA) is 73.9 Å². The summed E-state index contributed by atoms with van der Waals surface area (Å²) in [5, 5.41) is 0. The number of hydrogen-bond acceptors (Lipinski definition) is 5. The fraction of sp³-hybridized carbons (Fsp3) is 0.333. The molecule has 0 unspecified atom stereocenters. The summed E-state index contributed by atoms with van der Waals surface area (Å²) in [5.41, 5.74) is 2.17. The molecule has 28 heavy (non-hydrogen) atoms. The lowest BCUT2D eigenvalue weighted by atomic mass is 10.1. The highest BCUT2D eigenvalue weighted by Crippen LogP contribution is 2.28. The Morgan fingerprint density at radius 1 is 1.11 bits per heavy atom. The Morgan fingerprint density at radius 3 is 2.57 bits per heavy atom.